The Morgan fingerprint density at radius 3 is 2.67 bits per heavy atom. The summed E-state index contributed by atoms with van der Waals surface area (Å²) in [4.78, 5) is 25.3. The summed E-state index contributed by atoms with van der Waals surface area (Å²) in [5, 5.41) is 9.38. The van der Waals surface area contributed by atoms with Crippen LogP contribution in [-0.2, 0) is 0 Å². The van der Waals surface area contributed by atoms with Gasteiger partial charge in [-0.1, -0.05) is 38.8 Å². The van der Waals surface area contributed by atoms with Crippen LogP contribution in [0.3, 0.4) is 0 Å². The molecule has 3 atom stereocenters. The van der Waals surface area contributed by atoms with Gasteiger partial charge in [-0.3, -0.25) is 9.59 Å². The predicted molar refractivity (Wildman–Crippen MR) is 108 cm³/mol. The molecule has 2 aliphatic rings. The number of anilines is 3. The summed E-state index contributed by atoms with van der Waals surface area (Å²) in [6, 6.07) is 13.0. The highest BCUT2D eigenvalue weighted by Gasteiger charge is 2.28. The van der Waals surface area contributed by atoms with Gasteiger partial charge >= 0.3 is 0 Å². The summed E-state index contributed by atoms with van der Waals surface area (Å²) in [6.07, 6.45) is 3.40. The average Bonchev–Trinajstić information content (AvgIpc) is 2.80. The third-order valence-corrected chi connectivity index (χ3v) is 5.99. The van der Waals surface area contributed by atoms with Crippen LogP contribution >= 0.6 is 0 Å². The molecule has 140 valence electrons. The van der Waals surface area contributed by atoms with Gasteiger partial charge in [-0.2, -0.15) is 0 Å². The third kappa shape index (κ3) is 3.42. The topological polar surface area (TPSA) is 70.2 Å². The third-order valence-electron chi connectivity index (χ3n) is 5.99. The van der Waals surface area contributed by atoms with Crippen molar-refractivity contribution >= 4 is 28.9 Å². The fourth-order valence-electron chi connectivity index (χ4n) is 4.06. The van der Waals surface area contributed by atoms with E-state index in [1.807, 2.05) is 24.3 Å². The van der Waals surface area contributed by atoms with Crippen molar-refractivity contribution in [1.82, 2.24) is 5.32 Å². The Hall–Kier alpha value is -2.82. The lowest BCUT2D eigenvalue weighted by molar-refractivity contribution is 0.0890. The van der Waals surface area contributed by atoms with Crippen molar-refractivity contribution in [2.45, 2.75) is 39.2 Å². The van der Waals surface area contributed by atoms with Gasteiger partial charge in [0.25, 0.3) is 11.8 Å². The van der Waals surface area contributed by atoms with Crippen LogP contribution in [0.15, 0.2) is 42.5 Å². The maximum Gasteiger partial charge on any atom is 0.257 e. The van der Waals surface area contributed by atoms with Gasteiger partial charge in [0.15, 0.2) is 0 Å². The Morgan fingerprint density at radius 1 is 1.00 bits per heavy atom. The minimum absolute atomic E-state index is 0.0836. The highest BCUT2D eigenvalue weighted by Crippen LogP contribution is 2.33. The van der Waals surface area contributed by atoms with Gasteiger partial charge in [-0.05, 0) is 48.6 Å². The number of carbonyl (C=O) groups is 2. The molecule has 1 heterocycles. The maximum atomic E-state index is 12.8. The van der Waals surface area contributed by atoms with Crippen LogP contribution in [0.1, 0.15) is 53.8 Å². The summed E-state index contributed by atoms with van der Waals surface area (Å²) in [6.45, 7) is 4.47. The van der Waals surface area contributed by atoms with Crippen molar-refractivity contribution in [1.29, 1.82) is 0 Å². The van der Waals surface area contributed by atoms with E-state index in [1.54, 1.807) is 18.2 Å². The van der Waals surface area contributed by atoms with Crippen LogP contribution in [0.4, 0.5) is 17.1 Å². The number of benzene rings is 2. The monoisotopic (exact) mass is 363 g/mol. The van der Waals surface area contributed by atoms with Crippen LogP contribution < -0.4 is 16.0 Å². The molecule has 3 N–H and O–H groups in total. The van der Waals surface area contributed by atoms with Crippen LogP contribution in [0, 0.1) is 11.8 Å². The number of nitrogens with one attached hydrogen (secondary N) is 3. The zero-order valence-electron chi connectivity index (χ0n) is 15.7. The molecular formula is C22H25N3O2. The Bertz CT molecular complexity index is 893. The van der Waals surface area contributed by atoms with Gasteiger partial charge in [0.2, 0.25) is 0 Å². The second-order valence-corrected chi connectivity index (χ2v) is 7.73. The van der Waals surface area contributed by atoms with E-state index in [9.17, 15) is 9.59 Å². The van der Waals surface area contributed by atoms with Crippen molar-refractivity contribution in [3.8, 4) is 0 Å². The van der Waals surface area contributed by atoms with Crippen LogP contribution in [-0.4, -0.2) is 17.9 Å². The average molecular weight is 363 g/mol. The Labute approximate surface area is 159 Å². The first-order valence-corrected chi connectivity index (χ1v) is 9.65. The molecule has 2 aromatic carbocycles. The molecule has 2 aromatic rings. The minimum Gasteiger partial charge on any atom is -0.353 e. The number of hydrogen-bond donors (Lipinski definition) is 3. The fourth-order valence-corrected chi connectivity index (χ4v) is 4.06. The molecule has 0 spiro atoms. The standard InChI is InChI=1S/C22H25N3O2/c1-13-6-5-9-17(14(13)2)24-21(26)15-10-11-19-20(12-15)25-22(27)16-7-3-4-8-18(16)23-19/h3-4,7-8,10-14,17,23H,5-6,9H2,1-2H3,(H,24,26)(H,25,27). The molecule has 0 radical (unpaired) electrons. The summed E-state index contributed by atoms with van der Waals surface area (Å²) in [5.41, 5.74) is 3.31. The Balaban J connectivity index is 1.56. The fraction of sp³-hybridized carbons (Fsp3) is 0.364. The minimum atomic E-state index is -0.177. The van der Waals surface area contributed by atoms with Crippen molar-refractivity contribution in [3.05, 3.63) is 53.6 Å². The van der Waals surface area contributed by atoms with Crippen LogP contribution in [0.25, 0.3) is 0 Å². The number of rotatable bonds is 2. The second kappa shape index (κ2) is 7.06. The molecule has 1 saturated carbocycles. The number of para-hydroxylation sites is 1. The van der Waals surface area contributed by atoms with E-state index in [2.05, 4.69) is 29.8 Å². The summed E-state index contributed by atoms with van der Waals surface area (Å²) >= 11 is 0. The maximum absolute atomic E-state index is 12.8. The lowest BCUT2D eigenvalue weighted by atomic mass is 9.78. The van der Waals surface area contributed by atoms with Crippen molar-refractivity contribution in [3.63, 3.8) is 0 Å². The van der Waals surface area contributed by atoms with E-state index in [0.717, 1.165) is 24.2 Å². The second-order valence-electron chi connectivity index (χ2n) is 7.73. The SMILES string of the molecule is CC1CCCC(NC(=O)c2ccc3c(c2)NC(=O)c2ccccc2N3)C1C. The first-order chi connectivity index (χ1) is 13.0. The number of fused-ring (bicyclic) bond motifs is 2. The molecule has 5 nitrogen and oxygen atoms in total. The molecule has 0 aromatic heterocycles. The Kier molecular flexibility index (Phi) is 4.60. The number of amides is 2. The van der Waals surface area contributed by atoms with Crippen LogP contribution in [0.5, 0.6) is 0 Å². The first-order valence-electron chi connectivity index (χ1n) is 9.65. The predicted octanol–water partition coefficient (Wildman–Crippen LogP) is 4.55. The zero-order chi connectivity index (χ0) is 19.0. The van der Waals surface area contributed by atoms with E-state index >= 15 is 0 Å². The smallest absolute Gasteiger partial charge is 0.257 e. The highest BCUT2D eigenvalue weighted by atomic mass is 16.2. The molecule has 1 fully saturated rings. The van der Waals surface area contributed by atoms with Crippen LogP contribution in [0.2, 0.25) is 0 Å². The Morgan fingerprint density at radius 2 is 1.81 bits per heavy atom. The van der Waals surface area contributed by atoms with Gasteiger partial charge in [0.05, 0.1) is 22.6 Å². The number of carbonyl (C=O) groups excluding carboxylic acids is 2. The number of hydrogen-bond acceptors (Lipinski definition) is 3. The molecule has 0 saturated heterocycles. The van der Waals surface area contributed by atoms with E-state index < -0.39 is 0 Å². The van der Waals surface area contributed by atoms with Crippen molar-refractivity contribution in [2.75, 3.05) is 10.6 Å². The normalized spacial score (nSPS) is 23.9. The molecule has 3 unspecified atom stereocenters. The summed E-state index contributed by atoms with van der Waals surface area (Å²) in [7, 11) is 0. The van der Waals surface area contributed by atoms with Gasteiger partial charge in [0, 0.05) is 11.6 Å². The summed E-state index contributed by atoms with van der Waals surface area (Å²) in [5.74, 6) is 0.835. The molecule has 0 bridgehead atoms. The first kappa shape index (κ1) is 17.6. The van der Waals surface area contributed by atoms with Gasteiger partial charge < -0.3 is 16.0 Å². The van der Waals surface area contributed by atoms with Gasteiger partial charge in [0.1, 0.15) is 0 Å². The van der Waals surface area contributed by atoms with E-state index in [1.165, 1.54) is 6.42 Å². The zero-order valence-corrected chi connectivity index (χ0v) is 15.7. The van der Waals surface area contributed by atoms with Gasteiger partial charge in [-0.25, -0.2) is 0 Å². The molecule has 2 amide bonds. The van der Waals surface area contributed by atoms with Gasteiger partial charge in [-0.15, -0.1) is 0 Å². The van der Waals surface area contributed by atoms with E-state index in [-0.39, 0.29) is 17.9 Å². The molecule has 27 heavy (non-hydrogen) atoms. The lowest BCUT2D eigenvalue weighted by Gasteiger charge is -2.34. The molecular weight excluding hydrogens is 338 g/mol. The van der Waals surface area contributed by atoms with Crippen molar-refractivity contribution < 1.29 is 9.59 Å². The molecule has 4 rings (SSSR count). The lowest BCUT2D eigenvalue weighted by Crippen LogP contribution is -2.43. The summed E-state index contributed by atoms with van der Waals surface area (Å²) < 4.78 is 0. The molecule has 1 aliphatic heterocycles. The highest BCUT2D eigenvalue weighted by molar-refractivity contribution is 6.12. The quantitative estimate of drug-likeness (QED) is 0.733. The molecule has 5 heteroatoms. The van der Waals surface area contributed by atoms with E-state index in [0.29, 0.717) is 28.7 Å². The van der Waals surface area contributed by atoms with E-state index in [4.69, 9.17) is 0 Å². The molecule has 1 aliphatic carbocycles. The van der Waals surface area contributed by atoms with Crippen molar-refractivity contribution in [2.24, 2.45) is 11.8 Å². The largest absolute Gasteiger partial charge is 0.353 e.